The van der Waals surface area contributed by atoms with Gasteiger partial charge in [0.1, 0.15) is 5.60 Å². The van der Waals surface area contributed by atoms with Crippen LogP contribution in [0.1, 0.15) is 33.3 Å². The van der Waals surface area contributed by atoms with E-state index in [2.05, 4.69) is 4.90 Å². The zero-order valence-corrected chi connectivity index (χ0v) is 15.1. The highest BCUT2D eigenvalue weighted by Crippen LogP contribution is 2.22. The van der Waals surface area contributed by atoms with Gasteiger partial charge in [0.15, 0.2) is 0 Å². The lowest BCUT2D eigenvalue weighted by Crippen LogP contribution is -2.54. The van der Waals surface area contributed by atoms with E-state index in [-0.39, 0.29) is 12.1 Å². The fourth-order valence-corrected chi connectivity index (χ4v) is 2.90. The van der Waals surface area contributed by atoms with Crippen molar-refractivity contribution in [1.29, 1.82) is 0 Å². The third kappa shape index (κ3) is 5.01. The molecule has 6 heteroatoms. The van der Waals surface area contributed by atoms with Gasteiger partial charge in [-0.3, -0.25) is 4.90 Å². The fraction of sp³-hybridized carbons (Fsp3) is 0.588. The largest absolute Gasteiger partial charge is 0.444 e. The summed E-state index contributed by atoms with van der Waals surface area (Å²) in [7, 11) is 0. The number of nitrogens with two attached hydrogens (primary N) is 1. The Balaban J connectivity index is 1.96. The molecule has 0 aliphatic carbocycles. The lowest BCUT2D eigenvalue weighted by Gasteiger charge is -2.40. The molecule has 1 aromatic rings. The fourth-order valence-electron chi connectivity index (χ4n) is 2.73. The van der Waals surface area contributed by atoms with E-state index in [9.17, 15) is 4.79 Å². The molecule has 23 heavy (non-hydrogen) atoms. The molecule has 5 nitrogen and oxygen atoms in total. The molecule has 128 valence electrons. The smallest absolute Gasteiger partial charge is 0.410 e. The summed E-state index contributed by atoms with van der Waals surface area (Å²) >= 11 is 6.24. The van der Waals surface area contributed by atoms with Gasteiger partial charge in [0.05, 0.1) is 0 Å². The Labute approximate surface area is 143 Å². The highest BCUT2D eigenvalue weighted by Gasteiger charge is 2.30. The summed E-state index contributed by atoms with van der Waals surface area (Å²) in [6.45, 7) is 10.6. The van der Waals surface area contributed by atoms with Crippen molar-refractivity contribution in [2.45, 2.75) is 45.9 Å². The topological polar surface area (TPSA) is 58.8 Å². The maximum atomic E-state index is 12.2. The monoisotopic (exact) mass is 339 g/mol. The van der Waals surface area contributed by atoms with Crippen molar-refractivity contribution in [1.82, 2.24) is 9.80 Å². The van der Waals surface area contributed by atoms with Gasteiger partial charge < -0.3 is 15.4 Å². The Hall–Kier alpha value is -1.46. The number of ether oxygens (including phenoxy) is 1. The second kappa shape index (κ2) is 6.97. The van der Waals surface area contributed by atoms with Crippen molar-refractivity contribution in [2.24, 2.45) is 0 Å². The van der Waals surface area contributed by atoms with E-state index in [0.29, 0.717) is 12.2 Å². The summed E-state index contributed by atoms with van der Waals surface area (Å²) in [6.07, 6.45) is -0.244. The molecule has 1 aliphatic rings. The number of amides is 1. The van der Waals surface area contributed by atoms with E-state index in [1.54, 1.807) is 11.0 Å². The van der Waals surface area contributed by atoms with Crippen LogP contribution in [0.15, 0.2) is 18.2 Å². The van der Waals surface area contributed by atoms with Crippen molar-refractivity contribution in [3.63, 3.8) is 0 Å². The van der Waals surface area contributed by atoms with Crippen LogP contribution in [-0.4, -0.2) is 47.2 Å². The van der Waals surface area contributed by atoms with Gasteiger partial charge in [-0.2, -0.15) is 0 Å². The van der Waals surface area contributed by atoms with Gasteiger partial charge in [-0.15, -0.1) is 0 Å². The van der Waals surface area contributed by atoms with Crippen LogP contribution in [0.25, 0.3) is 0 Å². The molecule has 1 atom stereocenters. The van der Waals surface area contributed by atoms with Crippen molar-refractivity contribution in [2.75, 3.05) is 25.4 Å². The van der Waals surface area contributed by atoms with Crippen molar-refractivity contribution in [3.05, 3.63) is 28.8 Å². The molecule has 2 rings (SSSR count). The SMILES string of the molecule is C[C@H]1CN(Cc2cc(N)ccc2Cl)CCN1C(=O)OC(C)(C)C. The number of benzene rings is 1. The molecular formula is C17H26ClN3O2. The van der Waals surface area contributed by atoms with Crippen molar-refractivity contribution < 1.29 is 9.53 Å². The van der Waals surface area contributed by atoms with Crippen molar-refractivity contribution in [3.8, 4) is 0 Å². The molecule has 1 aliphatic heterocycles. The average Bonchev–Trinajstić information content (AvgIpc) is 2.41. The Morgan fingerprint density at radius 1 is 1.39 bits per heavy atom. The first-order valence-corrected chi connectivity index (χ1v) is 8.29. The van der Waals surface area contributed by atoms with Crippen LogP contribution in [0.4, 0.5) is 10.5 Å². The number of piperazine rings is 1. The number of halogens is 1. The highest BCUT2D eigenvalue weighted by atomic mass is 35.5. The van der Waals surface area contributed by atoms with Crippen molar-refractivity contribution >= 4 is 23.4 Å². The van der Waals surface area contributed by atoms with Gasteiger partial charge in [0.25, 0.3) is 0 Å². The molecule has 0 spiro atoms. The minimum atomic E-state index is -0.469. The second-order valence-corrected chi connectivity index (χ2v) is 7.52. The molecule has 1 aromatic carbocycles. The maximum Gasteiger partial charge on any atom is 0.410 e. The summed E-state index contributed by atoms with van der Waals surface area (Å²) in [5, 5.41) is 0.724. The quantitative estimate of drug-likeness (QED) is 0.839. The third-order valence-electron chi connectivity index (χ3n) is 3.80. The predicted molar refractivity (Wildman–Crippen MR) is 93.5 cm³/mol. The molecular weight excluding hydrogens is 314 g/mol. The normalized spacial score (nSPS) is 19.7. The molecule has 0 aromatic heterocycles. The van der Waals surface area contributed by atoms with E-state index < -0.39 is 5.60 Å². The van der Waals surface area contributed by atoms with Crippen LogP contribution in [0.2, 0.25) is 5.02 Å². The second-order valence-electron chi connectivity index (χ2n) is 7.11. The van der Waals surface area contributed by atoms with Gasteiger partial charge in [-0.1, -0.05) is 11.6 Å². The summed E-state index contributed by atoms with van der Waals surface area (Å²) < 4.78 is 5.47. The predicted octanol–water partition coefficient (Wildman–Crippen LogP) is 3.36. The van der Waals surface area contributed by atoms with Crippen LogP contribution >= 0.6 is 11.6 Å². The summed E-state index contributed by atoms with van der Waals surface area (Å²) in [4.78, 5) is 16.3. The number of nitrogen functional groups attached to an aromatic ring is 1. The van der Waals surface area contributed by atoms with Gasteiger partial charge >= 0.3 is 6.09 Å². The van der Waals surface area contributed by atoms with Crippen LogP contribution in [0.3, 0.4) is 0 Å². The number of carbonyl (C=O) groups excluding carboxylic acids is 1. The van der Waals surface area contributed by atoms with E-state index in [4.69, 9.17) is 22.1 Å². The lowest BCUT2D eigenvalue weighted by molar-refractivity contribution is 0.000567. The molecule has 1 fully saturated rings. The molecule has 0 bridgehead atoms. The Bertz CT molecular complexity index is 571. The Morgan fingerprint density at radius 2 is 2.09 bits per heavy atom. The number of anilines is 1. The number of hydrogen-bond donors (Lipinski definition) is 1. The zero-order valence-electron chi connectivity index (χ0n) is 14.3. The molecule has 0 unspecified atom stereocenters. The van der Waals surface area contributed by atoms with E-state index in [1.807, 2.05) is 39.8 Å². The van der Waals surface area contributed by atoms with Gasteiger partial charge in [-0.05, 0) is 51.5 Å². The molecule has 1 saturated heterocycles. The van der Waals surface area contributed by atoms with Gasteiger partial charge in [0.2, 0.25) is 0 Å². The molecule has 1 amide bonds. The minimum Gasteiger partial charge on any atom is -0.444 e. The summed E-state index contributed by atoms with van der Waals surface area (Å²) in [5.41, 5.74) is 7.10. The number of carbonyl (C=O) groups is 1. The van der Waals surface area contributed by atoms with E-state index >= 15 is 0 Å². The summed E-state index contributed by atoms with van der Waals surface area (Å²) in [6, 6.07) is 5.63. The van der Waals surface area contributed by atoms with E-state index in [0.717, 1.165) is 30.2 Å². The number of hydrogen-bond acceptors (Lipinski definition) is 4. The Kier molecular flexibility index (Phi) is 5.42. The third-order valence-corrected chi connectivity index (χ3v) is 4.17. The first-order chi connectivity index (χ1) is 10.7. The van der Waals surface area contributed by atoms with Crippen LogP contribution < -0.4 is 5.73 Å². The lowest BCUT2D eigenvalue weighted by atomic mass is 10.1. The first kappa shape index (κ1) is 17.9. The summed E-state index contributed by atoms with van der Waals surface area (Å²) in [5.74, 6) is 0. The Morgan fingerprint density at radius 3 is 2.70 bits per heavy atom. The number of nitrogens with zero attached hydrogens (tertiary/aromatic N) is 2. The molecule has 1 heterocycles. The van der Waals surface area contributed by atoms with Crippen LogP contribution in [-0.2, 0) is 11.3 Å². The zero-order chi connectivity index (χ0) is 17.2. The number of rotatable bonds is 2. The average molecular weight is 340 g/mol. The molecule has 0 radical (unpaired) electrons. The van der Waals surface area contributed by atoms with Gasteiger partial charge in [0, 0.05) is 42.9 Å². The molecule has 2 N–H and O–H groups in total. The van der Waals surface area contributed by atoms with Crippen LogP contribution in [0.5, 0.6) is 0 Å². The van der Waals surface area contributed by atoms with E-state index in [1.165, 1.54) is 0 Å². The minimum absolute atomic E-state index is 0.0958. The maximum absolute atomic E-state index is 12.2. The first-order valence-electron chi connectivity index (χ1n) is 7.91. The van der Waals surface area contributed by atoms with Gasteiger partial charge in [-0.25, -0.2) is 4.79 Å². The highest BCUT2D eigenvalue weighted by molar-refractivity contribution is 6.31. The van der Waals surface area contributed by atoms with Crippen LogP contribution in [0, 0.1) is 0 Å². The molecule has 0 saturated carbocycles. The standard InChI is InChI=1S/C17H26ClN3O2/c1-12-10-20(11-13-9-14(19)5-6-15(13)18)7-8-21(12)16(22)23-17(2,3)4/h5-6,9,12H,7-8,10-11,19H2,1-4H3/t12-/m0/s1.